The summed E-state index contributed by atoms with van der Waals surface area (Å²) in [6.07, 6.45) is 0. The molecule has 0 spiro atoms. The number of benzene rings is 2. The topological polar surface area (TPSA) is 54.9 Å². The van der Waals surface area contributed by atoms with E-state index in [4.69, 9.17) is 23.2 Å². The molecule has 0 unspecified atom stereocenters. The zero-order valence-electron chi connectivity index (χ0n) is 12.5. The maximum absolute atomic E-state index is 12.3. The standard InChI is InChI=1S/C16H10BrCl2N3OS2/c17-10-3-6-13(19)12(7-10)14(23)20-15-21-22-16(25-15)24-8-9-1-4-11(18)5-2-9/h1-7H,8H2,(H,20,21,23). The fourth-order valence-corrected chi connectivity index (χ4v) is 4.27. The summed E-state index contributed by atoms with van der Waals surface area (Å²) < 4.78 is 1.55. The Morgan fingerprint density at radius 3 is 2.68 bits per heavy atom. The Labute approximate surface area is 171 Å². The summed E-state index contributed by atoms with van der Waals surface area (Å²) in [5.74, 6) is 0.425. The minimum atomic E-state index is -0.322. The second-order valence-electron chi connectivity index (χ2n) is 4.87. The average Bonchev–Trinajstić information content (AvgIpc) is 3.04. The molecule has 0 aliphatic heterocycles. The highest BCUT2D eigenvalue weighted by Crippen LogP contribution is 2.29. The molecule has 1 N–H and O–H groups in total. The number of nitrogens with one attached hydrogen (secondary N) is 1. The van der Waals surface area contributed by atoms with Crippen molar-refractivity contribution in [1.82, 2.24) is 10.2 Å². The zero-order valence-corrected chi connectivity index (χ0v) is 17.2. The molecular formula is C16H10BrCl2N3OS2. The Morgan fingerprint density at radius 1 is 1.16 bits per heavy atom. The van der Waals surface area contributed by atoms with Crippen LogP contribution in [-0.4, -0.2) is 16.1 Å². The number of carbonyl (C=O) groups is 1. The molecule has 0 radical (unpaired) electrons. The van der Waals surface area contributed by atoms with Crippen LogP contribution in [0.5, 0.6) is 0 Å². The Balaban J connectivity index is 1.62. The number of amides is 1. The highest BCUT2D eigenvalue weighted by molar-refractivity contribution is 9.10. The van der Waals surface area contributed by atoms with Gasteiger partial charge < -0.3 is 0 Å². The molecule has 0 saturated heterocycles. The van der Waals surface area contributed by atoms with E-state index in [1.807, 2.05) is 24.3 Å². The molecule has 2 aromatic carbocycles. The molecule has 128 valence electrons. The van der Waals surface area contributed by atoms with E-state index in [0.717, 1.165) is 20.1 Å². The van der Waals surface area contributed by atoms with Crippen molar-refractivity contribution < 1.29 is 4.79 Å². The van der Waals surface area contributed by atoms with E-state index in [1.54, 1.807) is 30.0 Å². The van der Waals surface area contributed by atoms with Crippen LogP contribution in [0.1, 0.15) is 15.9 Å². The largest absolute Gasteiger partial charge is 0.296 e. The van der Waals surface area contributed by atoms with Gasteiger partial charge in [-0.2, -0.15) is 0 Å². The molecule has 1 heterocycles. The first-order valence-electron chi connectivity index (χ1n) is 6.98. The highest BCUT2D eigenvalue weighted by Gasteiger charge is 2.14. The van der Waals surface area contributed by atoms with E-state index in [9.17, 15) is 4.79 Å². The monoisotopic (exact) mass is 473 g/mol. The molecule has 0 saturated carbocycles. The SMILES string of the molecule is O=C(Nc1nnc(SCc2ccc(Cl)cc2)s1)c1cc(Br)ccc1Cl. The summed E-state index contributed by atoms with van der Waals surface area (Å²) in [6, 6.07) is 12.7. The summed E-state index contributed by atoms with van der Waals surface area (Å²) in [4.78, 5) is 12.3. The third-order valence-corrected chi connectivity index (χ3v) is 6.19. The lowest BCUT2D eigenvalue weighted by molar-refractivity contribution is 0.102. The lowest BCUT2D eigenvalue weighted by atomic mass is 10.2. The Kier molecular flexibility index (Phi) is 6.35. The number of anilines is 1. The number of rotatable bonds is 5. The minimum absolute atomic E-state index is 0.322. The van der Waals surface area contributed by atoms with Crippen molar-refractivity contribution in [2.45, 2.75) is 10.1 Å². The van der Waals surface area contributed by atoms with Gasteiger partial charge in [-0.15, -0.1) is 10.2 Å². The first kappa shape index (κ1) is 18.7. The molecular weight excluding hydrogens is 465 g/mol. The maximum atomic E-state index is 12.3. The van der Waals surface area contributed by atoms with Crippen LogP contribution in [0.25, 0.3) is 0 Å². The molecule has 3 aromatic rings. The van der Waals surface area contributed by atoms with Crippen molar-refractivity contribution in [2.75, 3.05) is 5.32 Å². The first-order valence-corrected chi connectivity index (χ1v) is 10.3. The van der Waals surface area contributed by atoms with Crippen molar-refractivity contribution in [3.63, 3.8) is 0 Å². The number of aromatic nitrogens is 2. The lowest BCUT2D eigenvalue weighted by Gasteiger charge is -2.04. The molecule has 25 heavy (non-hydrogen) atoms. The average molecular weight is 475 g/mol. The van der Waals surface area contributed by atoms with Gasteiger partial charge in [-0.3, -0.25) is 10.1 Å². The van der Waals surface area contributed by atoms with E-state index in [2.05, 4.69) is 31.4 Å². The molecule has 1 amide bonds. The van der Waals surface area contributed by atoms with Crippen LogP contribution in [-0.2, 0) is 5.75 Å². The van der Waals surface area contributed by atoms with Crippen molar-refractivity contribution in [3.05, 3.63) is 68.1 Å². The second kappa shape index (κ2) is 8.51. The van der Waals surface area contributed by atoms with Crippen LogP contribution in [0.4, 0.5) is 5.13 Å². The fourth-order valence-electron chi connectivity index (χ4n) is 1.88. The van der Waals surface area contributed by atoms with Crippen LogP contribution < -0.4 is 5.32 Å². The zero-order chi connectivity index (χ0) is 17.8. The number of nitrogens with zero attached hydrogens (tertiary/aromatic N) is 2. The van der Waals surface area contributed by atoms with Crippen molar-refractivity contribution in [3.8, 4) is 0 Å². The first-order chi connectivity index (χ1) is 12.0. The van der Waals surface area contributed by atoms with Crippen molar-refractivity contribution in [2.24, 2.45) is 0 Å². The number of carbonyl (C=O) groups excluding carboxylic acids is 1. The third kappa shape index (κ3) is 5.18. The van der Waals surface area contributed by atoms with Crippen molar-refractivity contribution >= 4 is 73.3 Å². The normalized spacial score (nSPS) is 10.7. The van der Waals surface area contributed by atoms with Crippen molar-refractivity contribution in [1.29, 1.82) is 0 Å². The van der Waals surface area contributed by atoms with Gasteiger partial charge >= 0.3 is 0 Å². The molecule has 0 bridgehead atoms. The van der Waals surface area contributed by atoms with Crippen LogP contribution >= 0.6 is 62.2 Å². The van der Waals surface area contributed by atoms with E-state index >= 15 is 0 Å². The number of halogens is 3. The predicted octanol–water partition coefficient (Wildman–Crippen LogP) is 6.15. The Hall–Kier alpha value is -1.12. The van der Waals surface area contributed by atoms with Crippen LogP contribution in [0, 0.1) is 0 Å². The summed E-state index contributed by atoms with van der Waals surface area (Å²) in [5.41, 5.74) is 1.51. The number of hydrogen-bond donors (Lipinski definition) is 1. The van der Waals surface area contributed by atoms with E-state index in [1.165, 1.54) is 11.3 Å². The molecule has 0 aliphatic carbocycles. The molecule has 0 aliphatic rings. The quantitative estimate of drug-likeness (QED) is 0.355. The van der Waals surface area contributed by atoms with Gasteiger partial charge in [-0.1, -0.05) is 74.4 Å². The third-order valence-electron chi connectivity index (χ3n) is 3.08. The van der Waals surface area contributed by atoms with Gasteiger partial charge in [0.1, 0.15) is 0 Å². The van der Waals surface area contributed by atoms with E-state index in [-0.39, 0.29) is 5.91 Å². The van der Waals surface area contributed by atoms with Crippen LogP contribution in [0.3, 0.4) is 0 Å². The van der Waals surface area contributed by atoms with E-state index < -0.39 is 0 Å². The van der Waals surface area contributed by atoms with Gasteiger partial charge in [-0.05, 0) is 35.9 Å². The number of hydrogen-bond acceptors (Lipinski definition) is 5. The highest BCUT2D eigenvalue weighted by atomic mass is 79.9. The van der Waals surface area contributed by atoms with E-state index in [0.29, 0.717) is 20.7 Å². The van der Waals surface area contributed by atoms with Gasteiger partial charge in [0.25, 0.3) is 5.91 Å². The molecule has 9 heteroatoms. The predicted molar refractivity (Wildman–Crippen MR) is 108 cm³/mol. The van der Waals surface area contributed by atoms with Gasteiger partial charge in [0, 0.05) is 15.2 Å². The number of thioether (sulfide) groups is 1. The fraction of sp³-hybridized carbons (Fsp3) is 0.0625. The smallest absolute Gasteiger partial charge is 0.259 e. The van der Waals surface area contributed by atoms with Gasteiger partial charge in [-0.25, -0.2) is 0 Å². The molecule has 1 aromatic heterocycles. The molecule has 3 rings (SSSR count). The minimum Gasteiger partial charge on any atom is -0.296 e. The summed E-state index contributed by atoms with van der Waals surface area (Å²) in [7, 11) is 0. The van der Waals surface area contributed by atoms with Gasteiger partial charge in [0.05, 0.1) is 10.6 Å². The van der Waals surface area contributed by atoms with Gasteiger partial charge in [0.15, 0.2) is 4.34 Å². The molecule has 0 fully saturated rings. The van der Waals surface area contributed by atoms with Crippen LogP contribution in [0.15, 0.2) is 51.3 Å². The summed E-state index contributed by atoms with van der Waals surface area (Å²) in [5, 5.41) is 12.3. The lowest BCUT2D eigenvalue weighted by Crippen LogP contribution is -2.12. The molecule has 0 atom stereocenters. The second-order valence-corrected chi connectivity index (χ2v) is 8.83. The molecule has 4 nitrogen and oxygen atoms in total. The Bertz CT molecular complexity index is 903. The van der Waals surface area contributed by atoms with Crippen LogP contribution in [0.2, 0.25) is 10.0 Å². The summed E-state index contributed by atoms with van der Waals surface area (Å²) in [6.45, 7) is 0. The maximum Gasteiger partial charge on any atom is 0.259 e. The summed E-state index contributed by atoms with van der Waals surface area (Å²) >= 11 is 18.1. The van der Waals surface area contributed by atoms with Gasteiger partial charge in [0.2, 0.25) is 5.13 Å². The Morgan fingerprint density at radius 2 is 1.92 bits per heavy atom.